The highest BCUT2D eigenvalue weighted by Gasteiger charge is 2.44. The Labute approximate surface area is 74.5 Å². The van der Waals surface area contributed by atoms with Gasteiger partial charge < -0.3 is 0 Å². The van der Waals surface area contributed by atoms with Crippen molar-refractivity contribution < 1.29 is 4.79 Å². The molecule has 68 valence electrons. The van der Waals surface area contributed by atoms with Gasteiger partial charge in [0.1, 0.15) is 5.78 Å². The zero-order valence-corrected chi connectivity index (χ0v) is 7.94. The van der Waals surface area contributed by atoms with Crippen LogP contribution in [-0.2, 0) is 4.79 Å². The van der Waals surface area contributed by atoms with Crippen LogP contribution in [0.5, 0.6) is 0 Å². The zero-order valence-electron chi connectivity index (χ0n) is 7.94. The highest BCUT2D eigenvalue weighted by Crippen LogP contribution is 2.53. The number of rotatable bonds is 1. The van der Waals surface area contributed by atoms with Crippen LogP contribution in [0.15, 0.2) is 0 Å². The molecule has 0 aromatic rings. The van der Waals surface area contributed by atoms with Gasteiger partial charge in [0.05, 0.1) is 0 Å². The van der Waals surface area contributed by atoms with Crippen molar-refractivity contribution in [3.63, 3.8) is 0 Å². The van der Waals surface area contributed by atoms with E-state index in [1.54, 1.807) is 0 Å². The third-order valence-electron chi connectivity index (χ3n) is 4.12. The van der Waals surface area contributed by atoms with E-state index in [2.05, 4.69) is 6.92 Å². The van der Waals surface area contributed by atoms with Crippen molar-refractivity contribution in [2.24, 2.45) is 11.3 Å². The van der Waals surface area contributed by atoms with Gasteiger partial charge in [-0.15, -0.1) is 0 Å². The molecule has 2 saturated carbocycles. The fourth-order valence-corrected chi connectivity index (χ4v) is 3.30. The monoisotopic (exact) mass is 166 g/mol. The highest BCUT2D eigenvalue weighted by atomic mass is 16.1. The largest absolute Gasteiger partial charge is 0.300 e. The minimum atomic E-state index is 0.454. The van der Waals surface area contributed by atoms with E-state index in [1.165, 1.54) is 32.1 Å². The van der Waals surface area contributed by atoms with Gasteiger partial charge in [-0.1, -0.05) is 13.3 Å². The van der Waals surface area contributed by atoms with Crippen molar-refractivity contribution in [3.05, 3.63) is 0 Å². The fourth-order valence-electron chi connectivity index (χ4n) is 3.30. The van der Waals surface area contributed by atoms with E-state index in [-0.39, 0.29) is 0 Å². The van der Waals surface area contributed by atoms with Crippen LogP contribution in [0.3, 0.4) is 0 Å². The Hall–Kier alpha value is -0.330. The maximum Gasteiger partial charge on any atom is 0.133 e. The molecule has 0 aliphatic heterocycles. The van der Waals surface area contributed by atoms with E-state index in [0.717, 1.165) is 18.8 Å². The van der Waals surface area contributed by atoms with Crippen molar-refractivity contribution >= 4 is 5.78 Å². The minimum Gasteiger partial charge on any atom is -0.300 e. The molecule has 0 unspecified atom stereocenters. The van der Waals surface area contributed by atoms with Crippen molar-refractivity contribution in [2.75, 3.05) is 0 Å². The summed E-state index contributed by atoms with van der Waals surface area (Å²) < 4.78 is 0. The summed E-state index contributed by atoms with van der Waals surface area (Å²) in [5.41, 5.74) is 0.454. The highest BCUT2D eigenvalue weighted by molar-refractivity contribution is 5.80. The lowest BCUT2D eigenvalue weighted by Gasteiger charge is -2.38. The van der Waals surface area contributed by atoms with Crippen LogP contribution < -0.4 is 0 Å². The smallest absolute Gasteiger partial charge is 0.133 e. The number of ketones is 1. The fraction of sp³-hybridized carbons (Fsp3) is 0.909. The molecule has 1 nitrogen and oxygen atoms in total. The number of fused-ring (bicyclic) bond motifs is 1. The second-order valence-corrected chi connectivity index (χ2v) is 4.56. The van der Waals surface area contributed by atoms with Gasteiger partial charge in [0, 0.05) is 12.8 Å². The molecule has 0 amide bonds. The van der Waals surface area contributed by atoms with Crippen LogP contribution >= 0.6 is 0 Å². The van der Waals surface area contributed by atoms with Gasteiger partial charge in [0.2, 0.25) is 0 Å². The van der Waals surface area contributed by atoms with Gasteiger partial charge in [-0.25, -0.2) is 0 Å². The topological polar surface area (TPSA) is 17.1 Å². The molecule has 0 radical (unpaired) electrons. The molecule has 0 saturated heterocycles. The first kappa shape index (κ1) is 8.28. The Bertz CT molecular complexity index is 197. The molecule has 2 atom stereocenters. The second kappa shape index (κ2) is 2.86. The van der Waals surface area contributed by atoms with Gasteiger partial charge in [-0.2, -0.15) is 0 Å². The number of Topliss-reactive ketones (excluding diaryl/α,β-unsaturated/α-hetero) is 1. The van der Waals surface area contributed by atoms with Crippen LogP contribution in [-0.4, -0.2) is 5.78 Å². The Morgan fingerprint density at radius 3 is 3.08 bits per heavy atom. The van der Waals surface area contributed by atoms with E-state index in [4.69, 9.17) is 0 Å². The summed E-state index contributed by atoms with van der Waals surface area (Å²) in [4.78, 5) is 11.4. The molecule has 0 aromatic heterocycles. The van der Waals surface area contributed by atoms with Gasteiger partial charge in [0.25, 0.3) is 0 Å². The quantitative estimate of drug-likeness (QED) is 0.585. The van der Waals surface area contributed by atoms with Crippen molar-refractivity contribution in [2.45, 2.75) is 51.9 Å². The Morgan fingerprint density at radius 1 is 1.50 bits per heavy atom. The van der Waals surface area contributed by atoms with Crippen LogP contribution in [0.25, 0.3) is 0 Å². The number of carbonyl (C=O) groups is 1. The summed E-state index contributed by atoms with van der Waals surface area (Å²) in [7, 11) is 0. The van der Waals surface area contributed by atoms with E-state index in [0.29, 0.717) is 11.2 Å². The zero-order chi connectivity index (χ0) is 8.60. The first-order valence-corrected chi connectivity index (χ1v) is 5.28. The minimum absolute atomic E-state index is 0.454. The van der Waals surface area contributed by atoms with Crippen LogP contribution in [0, 0.1) is 11.3 Å². The molecule has 0 bridgehead atoms. The molecule has 2 rings (SSSR count). The van der Waals surface area contributed by atoms with Crippen LogP contribution in [0.4, 0.5) is 0 Å². The van der Waals surface area contributed by atoms with Gasteiger partial charge in [0.15, 0.2) is 0 Å². The predicted octanol–water partition coefficient (Wildman–Crippen LogP) is 2.94. The SMILES string of the molecule is CC[C@]12CCC[C@H]1CCC(=O)C2. The summed E-state index contributed by atoms with van der Waals surface area (Å²) in [5.74, 6) is 1.41. The second-order valence-electron chi connectivity index (χ2n) is 4.56. The summed E-state index contributed by atoms with van der Waals surface area (Å²) in [5, 5.41) is 0. The summed E-state index contributed by atoms with van der Waals surface area (Å²) in [6.07, 6.45) is 8.25. The molecule has 0 aromatic carbocycles. The van der Waals surface area contributed by atoms with E-state index in [1.807, 2.05) is 0 Å². The first-order chi connectivity index (χ1) is 5.77. The van der Waals surface area contributed by atoms with Crippen LogP contribution in [0.1, 0.15) is 51.9 Å². The van der Waals surface area contributed by atoms with Gasteiger partial charge >= 0.3 is 0 Å². The Kier molecular flexibility index (Phi) is 1.97. The normalized spacial score (nSPS) is 41.4. The lowest BCUT2D eigenvalue weighted by atomic mass is 9.66. The molecule has 0 spiro atoms. The summed E-state index contributed by atoms with van der Waals surface area (Å²) in [6, 6.07) is 0. The van der Waals surface area contributed by atoms with Crippen LogP contribution in [0.2, 0.25) is 0 Å². The third kappa shape index (κ3) is 1.10. The Morgan fingerprint density at radius 2 is 2.33 bits per heavy atom. The molecule has 12 heavy (non-hydrogen) atoms. The third-order valence-corrected chi connectivity index (χ3v) is 4.12. The van der Waals surface area contributed by atoms with Crippen molar-refractivity contribution in [1.82, 2.24) is 0 Å². The maximum absolute atomic E-state index is 11.4. The molecule has 0 N–H and O–H groups in total. The predicted molar refractivity (Wildman–Crippen MR) is 48.9 cm³/mol. The van der Waals surface area contributed by atoms with Crippen molar-refractivity contribution in [1.29, 1.82) is 0 Å². The molecular weight excluding hydrogens is 148 g/mol. The average Bonchev–Trinajstić information content (AvgIpc) is 2.47. The summed E-state index contributed by atoms with van der Waals surface area (Å²) >= 11 is 0. The number of hydrogen-bond donors (Lipinski definition) is 0. The molecule has 1 heteroatoms. The Balaban J connectivity index is 2.18. The summed E-state index contributed by atoms with van der Waals surface area (Å²) in [6.45, 7) is 2.26. The van der Waals surface area contributed by atoms with E-state index >= 15 is 0 Å². The lowest BCUT2D eigenvalue weighted by Crippen LogP contribution is -2.32. The number of hydrogen-bond acceptors (Lipinski definition) is 1. The molecule has 2 aliphatic rings. The van der Waals surface area contributed by atoms with Crippen molar-refractivity contribution in [3.8, 4) is 0 Å². The molecule has 2 aliphatic carbocycles. The van der Waals surface area contributed by atoms with Gasteiger partial charge in [-0.3, -0.25) is 4.79 Å². The molecular formula is C11H18O. The molecule has 0 heterocycles. The maximum atomic E-state index is 11.4. The first-order valence-electron chi connectivity index (χ1n) is 5.28. The van der Waals surface area contributed by atoms with Gasteiger partial charge in [-0.05, 0) is 37.0 Å². The van der Waals surface area contributed by atoms with E-state index < -0.39 is 0 Å². The van der Waals surface area contributed by atoms with E-state index in [9.17, 15) is 4.79 Å². The lowest BCUT2D eigenvalue weighted by molar-refractivity contribution is -0.125. The standard InChI is InChI=1S/C11H18O/c1-2-11-7-3-4-9(11)5-6-10(12)8-11/h9H,2-8H2,1H3/t9-,11+/m0/s1. The molecule has 2 fully saturated rings. The number of carbonyl (C=O) groups excluding carboxylic acids is 1. The average molecular weight is 166 g/mol.